The number of aryl methyl sites for hydroxylation is 2. The van der Waals surface area contributed by atoms with Gasteiger partial charge in [-0.3, -0.25) is 0 Å². The summed E-state index contributed by atoms with van der Waals surface area (Å²) >= 11 is 0. The summed E-state index contributed by atoms with van der Waals surface area (Å²) in [7, 11) is -7.41. The molecule has 36 heavy (non-hydrogen) atoms. The lowest BCUT2D eigenvalue weighted by Crippen LogP contribution is -2.45. The van der Waals surface area contributed by atoms with Crippen LogP contribution in [0.25, 0.3) is 0 Å². The predicted octanol–water partition coefficient (Wildman–Crippen LogP) is 3.34. The molecule has 0 bridgehead atoms. The summed E-state index contributed by atoms with van der Waals surface area (Å²) in [6.07, 6.45) is -1.62. The molecule has 6 atom stereocenters. The zero-order valence-corrected chi connectivity index (χ0v) is 23.3. The van der Waals surface area contributed by atoms with Gasteiger partial charge in [0.2, 0.25) is 20.0 Å². The lowest BCUT2D eigenvalue weighted by Gasteiger charge is -2.31. The Labute approximate surface area is 215 Å². The maximum Gasteiger partial charge on any atom is 0.243 e. The summed E-state index contributed by atoms with van der Waals surface area (Å²) in [6.45, 7) is 11.9. The molecule has 2 heterocycles. The second-order valence-electron chi connectivity index (χ2n) is 10.2. The van der Waals surface area contributed by atoms with Crippen molar-refractivity contribution in [2.75, 3.05) is 13.1 Å². The van der Waals surface area contributed by atoms with Gasteiger partial charge in [0, 0.05) is 13.1 Å². The molecule has 0 aromatic heterocycles. The summed E-state index contributed by atoms with van der Waals surface area (Å²) in [4.78, 5) is 0.463. The van der Waals surface area contributed by atoms with Gasteiger partial charge in [-0.1, -0.05) is 35.4 Å². The van der Waals surface area contributed by atoms with E-state index in [1.54, 1.807) is 48.5 Å². The molecule has 4 rings (SSSR count). The van der Waals surface area contributed by atoms with Crippen molar-refractivity contribution in [2.24, 2.45) is 0 Å². The molecule has 8 nitrogen and oxygen atoms in total. The molecule has 0 amide bonds. The zero-order valence-electron chi connectivity index (χ0n) is 21.7. The summed E-state index contributed by atoms with van der Waals surface area (Å²) in [5, 5.41) is 0. The highest BCUT2D eigenvalue weighted by molar-refractivity contribution is 7.89. The van der Waals surface area contributed by atoms with Crippen molar-refractivity contribution >= 4 is 20.0 Å². The standard InChI is InChI=1S/C26H36N2O6S2/c1-17(2)33-25(23-15-27(23)35(29,30)21-11-7-19(5)8-12-21)26(34-18(3)4)24-16-28(24)36(31,32)22-13-9-20(6)10-14-22/h7-14,17-18,23-26H,15-16H2,1-6H3/t23-,24-,25+,26+,27?,28?/m0/s1. The van der Waals surface area contributed by atoms with Crippen LogP contribution in [-0.2, 0) is 29.5 Å². The molecule has 2 aliphatic heterocycles. The molecule has 0 N–H and O–H groups in total. The molecule has 0 spiro atoms. The smallest absolute Gasteiger partial charge is 0.243 e. The Bertz CT molecular complexity index is 1170. The molecule has 2 fully saturated rings. The summed E-state index contributed by atoms with van der Waals surface area (Å²) in [5.41, 5.74) is 1.96. The van der Waals surface area contributed by atoms with Gasteiger partial charge in [-0.05, 0) is 65.8 Å². The fourth-order valence-electron chi connectivity index (χ4n) is 4.46. The van der Waals surface area contributed by atoms with Gasteiger partial charge < -0.3 is 9.47 Å². The number of hydrogen-bond acceptors (Lipinski definition) is 6. The van der Waals surface area contributed by atoms with E-state index in [0.29, 0.717) is 13.1 Å². The molecule has 0 aliphatic carbocycles. The average molecular weight is 537 g/mol. The van der Waals surface area contributed by atoms with Crippen LogP contribution >= 0.6 is 0 Å². The van der Waals surface area contributed by atoms with E-state index in [2.05, 4.69) is 0 Å². The molecule has 2 saturated heterocycles. The van der Waals surface area contributed by atoms with Gasteiger partial charge in [0.25, 0.3) is 0 Å². The van der Waals surface area contributed by atoms with Gasteiger partial charge in [-0.2, -0.15) is 8.61 Å². The Morgan fingerprint density at radius 2 is 0.944 bits per heavy atom. The normalized spacial score (nSPS) is 25.7. The molecular weight excluding hydrogens is 500 g/mol. The van der Waals surface area contributed by atoms with Gasteiger partial charge in [0.15, 0.2) is 0 Å². The van der Waals surface area contributed by atoms with Crippen LogP contribution in [0.3, 0.4) is 0 Å². The third-order valence-corrected chi connectivity index (χ3v) is 10.2. The number of sulfonamides is 2. The summed E-state index contributed by atoms with van der Waals surface area (Å²) in [5.74, 6) is 0. The van der Waals surface area contributed by atoms with Crippen LogP contribution in [0.15, 0.2) is 58.3 Å². The minimum atomic E-state index is -3.70. The number of rotatable bonds is 11. The van der Waals surface area contributed by atoms with E-state index in [4.69, 9.17) is 9.47 Å². The molecule has 2 aliphatic rings. The quantitative estimate of drug-likeness (QED) is 0.409. The lowest BCUT2D eigenvalue weighted by atomic mass is 10.1. The van der Waals surface area contributed by atoms with E-state index in [1.807, 2.05) is 41.5 Å². The van der Waals surface area contributed by atoms with Crippen molar-refractivity contribution in [3.05, 3.63) is 59.7 Å². The number of hydrogen-bond donors (Lipinski definition) is 0. The maximum absolute atomic E-state index is 13.3. The minimum Gasteiger partial charge on any atom is -0.371 e. The first-order chi connectivity index (χ1) is 16.8. The van der Waals surface area contributed by atoms with Crippen molar-refractivity contribution in [2.45, 2.75) is 87.8 Å². The molecule has 0 saturated carbocycles. The van der Waals surface area contributed by atoms with E-state index in [1.165, 1.54) is 8.61 Å². The SMILES string of the molecule is Cc1ccc(S(=O)(=O)N2C[C@H]2[C@@H](OC(C)C)[C@H](OC(C)C)[C@@H]2CN2S(=O)(=O)c2ccc(C)cc2)cc1. The fraction of sp³-hybridized carbons (Fsp3) is 0.538. The van der Waals surface area contributed by atoms with E-state index in [9.17, 15) is 16.8 Å². The molecule has 2 aromatic carbocycles. The van der Waals surface area contributed by atoms with Crippen LogP contribution in [0.4, 0.5) is 0 Å². The second kappa shape index (κ2) is 10.2. The molecule has 0 radical (unpaired) electrons. The van der Waals surface area contributed by atoms with Gasteiger partial charge in [-0.15, -0.1) is 0 Å². The molecule has 2 aromatic rings. The first-order valence-corrected chi connectivity index (χ1v) is 15.2. The van der Waals surface area contributed by atoms with Gasteiger partial charge in [0.05, 0.1) is 34.1 Å². The van der Waals surface area contributed by atoms with Crippen molar-refractivity contribution in [1.29, 1.82) is 0 Å². The Morgan fingerprint density at radius 3 is 1.22 bits per heavy atom. The van der Waals surface area contributed by atoms with Crippen LogP contribution < -0.4 is 0 Å². The molecule has 198 valence electrons. The van der Waals surface area contributed by atoms with Gasteiger partial charge >= 0.3 is 0 Å². The van der Waals surface area contributed by atoms with Crippen LogP contribution in [-0.4, -0.2) is 75.0 Å². The van der Waals surface area contributed by atoms with Crippen molar-refractivity contribution < 1.29 is 26.3 Å². The Morgan fingerprint density at radius 1 is 0.639 bits per heavy atom. The first-order valence-electron chi connectivity index (χ1n) is 12.3. The van der Waals surface area contributed by atoms with E-state index in [-0.39, 0.29) is 22.0 Å². The van der Waals surface area contributed by atoms with Crippen LogP contribution in [0.1, 0.15) is 38.8 Å². The lowest BCUT2D eigenvalue weighted by molar-refractivity contribution is -0.113. The topological polar surface area (TPSA) is 92.8 Å². The Kier molecular flexibility index (Phi) is 7.68. The largest absolute Gasteiger partial charge is 0.371 e. The molecule has 10 heteroatoms. The monoisotopic (exact) mass is 536 g/mol. The van der Waals surface area contributed by atoms with Crippen LogP contribution in [0, 0.1) is 13.8 Å². The first kappa shape index (κ1) is 27.2. The predicted molar refractivity (Wildman–Crippen MR) is 138 cm³/mol. The molecular formula is C26H36N2O6S2. The van der Waals surface area contributed by atoms with E-state index < -0.39 is 44.3 Å². The fourth-order valence-corrected chi connectivity index (χ4v) is 7.61. The highest BCUT2D eigenvalue weighted by atomic mass is 32.2. The van der Waals surface area contributed by atoms with Gasteiger partial charge in [0.1, 0.15) is 12.2 Å². The summed E-state index contributed by atoms with van der Waals surface area (Å²) < 4.78 is 68.5. The van der Waals surface area contributed by atoms with E-state index >= 15 is 0 Å². The van der Waals surface area contributed by atoms with Crippen LogP contribution in [0.2, 0.25) is 0 Å². The highest BCUT2D eigenvalue weighted by Gasteiger charge is 2.59. The highest BCUT2D eigenvalue weighted by Crippen LogP contribution is 2.40. The van der Waals surface area contributed by atoms with E-state index in [0.717, 1.165) is 11.1 Å². The number of nitrogens with zero attached hydrogens (tertiary/aromatic N) is 2. The Balaban J connectivity index is 1.59. The van der Waals surface area contributed by atoms with Crippen molar-refractivity contribution in [3.8, 4) is 0 Å². The summed E-state index contributed by atoms with van der Waals surface area (Å²) in [6, 6.07) is 12.7. The number of ether oxygens (including phenoxy) is 2. The van der Waals surface area contributed by atoms with Crippen molar-refractivity contribution in [3.63, 3.8) is 0 Å². The molecule has 2 unspecified atom stereocenters. The second-order valence-corrected chi connectivity index (χ2v) is 14.0. The Hall–Kier alpha value is -1.82. The third kappa shape index (κ3) is 5.69. The average Bonchev–Trinajstić information content (AvgIpc) is 3.70. The maximum atomic E-state index is 13.3. The number of benzene rings is 2. The minimum absolute atomic E-state index is 0.196. The van der Waals surface area contributed by atoms with Crippen LogP contribution in [0.5, 0.6) is 0 Å². The third-order valence-electron chi connectivity index (χ3n) is 6.40. The van der Waals surface area contributed by atoms with Crippen molar-refractivity contribution in [1.82, 2.24) is 8.61 Å². The zero-order chi connectivity index (χ0) is 26.4. The van der Waals surface area contributed by atoms with Gasteiger partial charge in [-0.25, -0.2) is 16.8 Å².